The fourth-order valence-electron chi connectivity index (χ4n) is 2.20. The van der Waals surface area contributed by atoms with Crippen molar-refractivity contribution in [3.8, 4) is 0 Å². The molecule has 2 nitrogen and oxygen atoms in total. The van der Waals surface area contributed by atoms with Gasteiger partial charge in [0.05, 0.1) is 6.61 Å². The molecular formula is C12H15ClFNO. The van der Waals surface area contributed by atoms with Gasteiger partial charge in [-0.25, -0.2) is 4.39 Å². The lowest BCUT2D eigenvalue weighted by atomic mass is 10.1. The van der Waals surface area contributed by atoms with Crippen molar-refractivity contribution in [2.45, 2.75) is 25.4 Å². The van der Waals surface area contributed by atoms with Gasteiger partial charge in [0, 0.05) is 23.2 Å². The monoisotopic (exact) mass is 243 g/mol. The molecule has 1 aliphatic heterocycles. The molecule has 1 aliphatic rings. The van der Waals surface area contributed by atoms with E-state index in [0.29, 0.717) is 17.1 Å². The van der Waals surface area contributed by atoms with Crippen molar-refractivity contribution in [2.24, 2.45) is 0 Å². The minimum Gasteiger partial charge on any atom is -0.395 e. The number of aliphatic hydroxyl groups is 1. The van der Waals surface area contributed by atoms with Crippen molar-refractivity contribution in [3.63, 3.8) is 0 Å². The molecule has 1 saturated heterocycles. The number of rotatable bonds is 3. The lowest BCUT2D eigenvalue weighted by Crippen LogP contribution is -2.32. The van der Waals surface area contributed by atoms with E-state index >= 15 is 0 Å². The molecule has 1 fully saturated rings. The van der Waals surface area contributed by atoms with Crippen LogP contribution in [0.15, 0.2) is 18.2 Å². The fourth-order valence-corrected chi connectivity index (χ4v) is 2.42. The summed E-state index contributed by atoms with van der Waals surface area (Å²) in [4.78, 5) is 2.09. The van der Waals surface area contributed by atoms with Gasteiger partial charge in [-0.2, -0.15) is 0 Å². The lowest BCUT2D eigenvalue weighted by molar-refractivity contribution is 0.152. The van der Waals surface area contributed by atoms with Crippen LogP contribution in [0.25, 0.3) is 0 Å². The summed E-state index contributed by atoms with van der Waals surface area (Å²) in [5.41, 5.74) is 0.532. The second-order valence-corrected chi connectivity index (χ2v) is 4.56. The van der Waals surface area contributed by atoms with Crippen LogP contribution in [-0.2, 0) is 6.54 Å². The Morgan fingerprint density at radius 1 is 1.50 bits per heavy atom. The Morgan fingerprint density at radius 2 is 2.31 bits per heavy atom. The minimum atomic E-state index is -0.268. The van der Waals surface area contributed by atoms with Crippen LogP contribution < -0.4 is 0 Å². The number of hydrogen-bond donors (Lipinski definition) is 1. The number of halogens is 2. The van der Waals surface area contributed by atoms with Crippen LogP contribution in [-0.4, -0.2) is 29.2 Å². The third-order valence-corrected chi connectivity index (χ3v) is 3.49. The van der Waals surface area contributed by atoms with Crippen LogP contribution in [0.3, 0.4) is 0 Å². The van der Waals surface area contributed by atoms with Gasteiger partial charge in [0.15, 0.2) is 0 Å². The van der Waals surface area contributed by atoms with Gasteiger partial charge < -0.3 is 5.11 Å². The normalized spacial score (nSPS) is 21.6. The summed E-state index contributed by atoms with van der Waals surface area (Å²) in [5, 5.41) is 9.65. The summed E-state index contributed by atoms with van der Waals surface area (Å²) in [6.45, 7) is 1.51. The van der Waals surface area contributed by atoms with Crippen molar-refractivity contribution in [3.05, 3.63) is 34.6 Å². The van der Waals surface area contributed by atoms with E-state index in [1.165, 1.54) is 6.07 Å². The average Bonchev–Trinajstić information content (AvgIpc) is 2.71. The topological polar surface area (TPSA) is 23.5 Å². The molecule has 0 saturated carbocycles. The Hall–Kier alpha value is -0.640. The Balaban J connectivity index is 2.14. The molecule has 0 unspecified atom stereocenters. The number of aliphatic hydroxyl groups excluding tert-OH is 1. The molecule has 4 heteroatoms. The molecule has 88 valence electrons. The van der Waals surface area contributed by atoms with Gasteiger partial charge in [0.25, 0.3) is 0 Å². The van der Waals surface area contributed by atoms with E-state index in [1.54, 1.807) is 12.1 Å². The van der Waals surface area contributed by atoms with E-state index in [4.69, 9.17) is 11.6 Å². The van der Waals surface area contributed by atoms with Crippen molar-refractivity contribution in [1.29, 1.82) is 0 Å². The van der Waals surface area contributed by atoms with Gasteiger partial charge in [-0.3, -0.25) is 4.90 Å². The predicted octanol–water partition coefficient (Wildman–Crippen LogP) is 2.44. The summed E-state index contributed by atoms with van der Waals surface area (Å²) in [5.74, 6) is -0.268. The van der Waals surface area contributed by atoms with Gasteiger partial charge in [-0.15, -0.1) is 0 Å². The molecule has 1 heterocycles. The zero-order valence-electron chi connectivity index (χ0n) is 9.00. The van der Waals surface area contributed by atoms with Crippen LogP contribution >= 0.6 is 11.6 Å². The quantitative estimate of drug-likeness (QED) is 0.882. The van der Waals surface area contributed by atoms with E-state index in [9.17, 15) is 9.50 Å². The number of hydrogen-bond acceptors (Lipinski definition) is 2. The van der Waals surface area contributed by atoms with Crippen LogP contribution in [0.4, 0.5) is 4.39 Å². The highest BCUT2D eigenvalue weighted by Crippen LogP contribution is 2.25. The molecule has 0 radical (unpaired) electrons. The maximum Gasteiger partial charge on any atom is 0.129 e. The molecule has 1 N–H and O–H groups in total. The standard InChI is InChI=1S/C12H15ClFNO/c13-11-4-1-5-12(14)10(11)7-15-6-2-3-9(15)8-16/h1,4-5,9,16H,2-3,6-8H2/t9-/m0/s1. The van der Waals surface area contributed by atoms with E-state index in [1.807, 2.05) is 0 Å². The summed E-state index contributed by atoms with van der Waals surface area (Å²) in [6.07, 6.45) is 2.03. The number of likely N-dealkylation sites (tertiary alicyclic amines) is 1. The Bertz CT molecular complexity index is 352. The second kappa shape index (κ2) is 5.13. The molecule has 1 atom stereocenters. The van der Waals surface area contributed by atoms with Gasteiger partial charge in [0.2, 0.25) is 0 Å². The second-order valence-electron chi connectivity index (χ2n) is 4.15. The third-order valence-electron chi connectivity index (χ3n) is 3.13. The Labute approximate surface area is 99.6 Å². The highest BCUT2D eigenvalue weighted by atomic mass is 35.5. The predicted molar refractivity (Wildman–Crippen MR) is 61.9 cm³/mol. The summed E-state index contributed by atoms with van der Waals surface area (Å²) in [7, 11) is 0. The molecule has 1 aromatic carbocycles. The van der Waals surface area contributed by atoms with E-state index in [-0.39, 0.29) is 18.5 Å². The van der Waals surface area contributed by atoms with E-state index in [0.717, 1.165) is 19.4 Å². The lowest BCUT2D eigenvalue weighted by Gasteiger charge is -2.23. The largest absolute Gasteiger partial charge is 0.395 e. The summed E-state index contributed by atoms with van der Waals surface area (Å²) < 4.78 is 13.6. The molecular weight excluding hydrogens is 229 g/mol. The number of benzene rings is 1. The van der Waals surface area contributed by atoms with Gasteiger partial charge in [-0.1, -0.05) is 17.7 Å². The zero-order chi connectivity index (χ0) is 11.5. The van der Waals surface area contributed by atoms with Gasteiger partial charge >= 0.3 is 0 Å². The molecule has 0 bridgehead atoms. The first-order chi connectivity index (χ1) is 7.72. The first-order valence-corrected chi connectivity index (χ1v) is 5.88. The van der Waals surface area contributed by atoms with Crippen LogP contribution in [0.1, 0.15) is 18.4 Å². The maximum absolute atomic E-state index is 13.6. The van der Waals surface area contributed by atoms with Crippen molar-refractivity contribution in [2.75, 3.05) is 13.2 Å². The number of nitrogens with zero attached hydrogens (tertiary/aromatic N) is 1. The fraction of sp³-hybridized carbons (Fsp3) is 0.500. The minimum absolute atomic E-state index is 0.131. The summed E-state index contributed by atoms with van der Waals surface area (Å²) >= 11 is 5.97. The van der Waals surface area contributed by atoms with Gasteiger partial charge in [0.1, 0.15) is 5.82 Å². The first kappa shape index (κ1) is 11.8. The van der Waals surface area contributed by atoms with Crippen LogP contribution in [0, 0.1) is 5.82 Å². The van der Waals surface area contributed by atoms with Crippen molar-refractivity contribution < 1.29 is 9.50 Å². The average molecular weight is 244 g/mol. The van der Waals surface area contributed by atoms with Crippen LogP contribution in [0.2, 0.25) is 5.02 Å². The first-order valence-electron chi connectivity index (χ1n) is 5.50. The molecule has 1 aromatic rings. The molecule has 0 spiro atoms. The van der Waals surface area contributed by atoms with Crippen molar-refractivity contribution >= 4 is 11.6 Å². The highest BCUT2D eigenvalue weighted by molar-refractivity contribution is 6.31. The zero-order valence-corrected chi connectivity index (χ0v) is 9.75. The molecule has 0 amide bonds. The molecule has 0 aliphatic carbocycles. The molecule has 0 aromatic heterocycles. The Kier molecular flexibility index (Phi) is 3.79. The van der Waals surface area contributed by atoms with E-state index < -0.39 is 0 Å². The van der Waals surface area contributed by atoms with Crippen LogP contribution in [0.5, 0.6) is 0 Å². The highest BCUT2D eigenvalue weighted by Gasteiger charge is 2.25. The maximum atomic E-state index is 13.6. The molecule has 16 heavy (non-hydrogen) atoms. The smallest absolute Gasteiger partial charge is 0.129 e. The van der Waals surface area contributed by atoms with E-state index in [2.05, 4.69) is 4.90 Å². The molecule has 2 rings (SSSR count). The SMILES string of the molecule is OC[C@@H]1CCCN1Cc1c(F)cccc1Cl. The van der Waals surface area contributed by atoms with Gasteiger partial charge in [-0.05, 0) is 31.5 Å². The van der Waals surface area contributed by atoms with Crippen molar-refractivity contribution in [1.82, 2.24) is 4.90 Å². The summed E-state index contributed by atoms with van der Waals surface area (Å²) in [6, 6.07) is 4.87. The Morgan fingerprint density at radius 3 is 3.00 bits per heavy atom. The third kappa shape index (κ3) is 2.37.